The minimum absolute atomic E-state index is 0.334. The van der Waals surface area contributed by atoms with Crippen molar-refractivity contribution in [3.63, 3.8) is 0 Å². The number of nitrogens with one attached hydrogen (secondary N) is 1. The van der Waals surface area contributed by atoms with Crippen molar-refractivity contribution in [2.24, 2.45) is 5.73 Å². The quantitative estimate of drug-likeness (QED) is 0.874. The number of hydrogen-bond donors (Lipinski definition) is 2. The molecule has 5 heteroatoms. The molecule has 1 aromatic carbocycles. The fraction of sp³-hybridized carbons (Fsp3) is 0.538. The number of alkyl halides is 3. The van der Waals surface area contributed by atoms with Crippen LogP contribution in [0.5, 0.6) is 0 Å². The zero-order valence-electron chi connectivity index (χ0n) is 10.1. The van der Waals surface area contributed by atoms with Crippen LogP contribution in [0.15, 0.2) is 24.3 Å². The molecule has 1 atom stereocenters. The van der Waals surface area contributed by atoms with Crippen LogP contribution in [0.2, 0.25) is 0 Å². The first-order chi connectivity index (χ1) is 8.49. The standard InChI is InChI=1S/C13H17F3N2/c14-13(15,16)11-5-2-1-4-10(11)12(7-8-17)6-3-9-18-12/h1-2,4-5,18H,3,6-9,17H2. The van der Waals surface area contributed by atoms with Gasteiger partial charge in [0.15, 0.2) is 0 Å². The molecule has 1 aliphatic rings. The number of benzene rings is 1. The van der Waals surface area contributed by atoms with Crippen LogP contribution in [0.1, 0.15) is 30.4 Å². The lowest BCUT2D eigenvalue weighted by Crippen LogP contribution is -2.40. The van der Waals surface area contributed by atoms with Gasteiger partial charge in [0.2, 0.25) is 0 Å². The van der Waals surface area contributed by atoms with Gasteiger partial charge in [0.05, 0.1) is 5.56 Å². The van der Waals surface area contributed by atoms with Crippen molar-refractivity contribution in [3.05, 3.63) is 35.4 Å². The Morgan fingerprint density at radius 3 is 2.56 bits per heavy atom. The number of halogens is 3. The van der Waals surface area contributed by atoms with E-state index in [4.69, 9.17) is 5.73 Å². The van der Waals surface area contributed by atoms with Gasteiger partial charge in [-0.05, 0) is 44.0 Å². The van der Waals surface area contributed by atoms with Gasteiger partial charge in [-0.3, -0.25) is 0 Å². The van der Waals surface area contributed by atoms with Gasteiger partial charge in [0, 0.05) is 5.54 Å². The molecule has 0 aromatic heterocycles. The second kappa shape index (κ2) is 4.90. The van der Waals surface area contributed by atoms with Crippen molar-refractivity contribution in [1.29, 1.82) is 0 Å². The maximum atomic E-state index is 13.1. The van der Waals surface area contributed by atoms with E-state index in [1.165, 1.54) is 6.07 Å². The summed E-state index contributed by atoms with van der Waals surface area (Å²) in [6.45, 7) is 1.12. The molecule has 1 aromatic rings. The van der Waals surface area contributed by atoms with E-state index in [0.29, 0.717) is 24.9 Å². The van der Waals surface area contributed by atoms with E-state index < -0.39 is 17.3 Å². The van der Waals surface area contributed by atoms with E-state index in [1.54, 1.807) is 12.1 Å². The van der Waals surface area contributed by atoms with E-state index in [-0.39, 0.29) is 0 Å². The summed E-state index contributed by atoms with van der Waals surface area (Å²) in [4.78, 5) is 0. The van der Waals surface area contributed by atoms with Crippen molar-refractivity contribution in [2.75, 3.05) is 13.1 Å². The molecule has 0 saturated carbocycles. The summed E-state index contributed by atoms with van der Waals surface area (Å²) in [6, 6.07) is 5.80. The van der Waals surface area contributed by atoms with E-state index in [2.05, 4.69) is 5.32 Å². The first kappa shape index (κ1) is 13.4. The molecule has 100 valence electrons. The van der Waals surface area contributed by atoms with Gasteiger partial charge in [0.1, 0.15) is 0 Å². The van der Waals surface area contributed by atoms with Crippen LogP contribution in [0.25, 0.3) is 0 Å². The molecule has 2 nitrogen and oxygen atoms in total. The van der Waals surface area contributed by atoms with E-state index >= 15 is 0 Å². The summed E-state index contributed by atoms with van der Waals surface area (Å²) in [5.74, 6) is 0. The van der Waals surface area contributed by atoms with Crippen LogP contribution < -0.4 is 11.1 Å². The predicted octanol–water partition coefficient (Wildman–Crippen LogP) is 2.63. The van der Waals surface area contributed by atoms with Gasteiger partial charge in [0.25, 0.3) is 0 Å². The summed E-state index contributed by atoms with van der Waals surface area (Å²) >= 11 is 0. The first-order valence-electron chi connectivity index (χ1n) is 6.11. The highest BCUT2D eigenvalue weighted by molar-refractivity contribution is 5.36. The van der Waals surface area contributed by atoms with Gasteiger partial charge in [-0.25, -0.2) is 0 Å². The molecular weight excluding hydrogens is 241 g/mol. The second-order valence-corrected chi connectivity index (χ2v) is 4.69. The zero-order chi connectivity index (χ0) is 13.2. The molecule has 1 fully saturated rings. The fourth-order valence-electron chi connectivity index (χ4n) is 2.78. The number of hydrogen-bond acceptors (Lipinski definition) is 2. The highest BCUT2D eigenvalue weighted by atomic mass is 19.4. The molecule has 0 bridgehead atoms. The summed E-state index contributed by atoms with van der Waals surface area (Å²) in [5, 5.41) is 3.22. The van der Waals surface area contributed by atoms with Crippen LogP contribution in [0, 0.1) is 0 Å². The maximum absolute atomic E-state index is 13.1. The molecule has 0 spiro atoms. The minimum Gasteiger partial charge on any atom is -0.330 e. The summed E-state index contributed by atoms with van der Waals surface area (Å²) in [6.07, 6.45) is -2.20. The van der Waals surface area contributed by atoms with E-state index in [9.17, 15) is 13.2 Å². The molecule has 2 rings (SSSR count). The van der Waals surface area contributed by atoms with Crippen LogP contribution in [-0.4, -0.2) is 13.1 Å². The number of nitrogens with two attached hydrogens (primary N) is 1. The molecule has 1 saturated heterocycles. The third-order valence-corrected chi connectivity index (χ3v) is 3.56. The molecule has 18 heavy (non-hydrogen) atoms. The Bertz CT molecular complexity index is 409. The van der Waals surface area contributed by atoms with Crippen molar-refractivity contribution >= 4 is 0 Å². The zero-order valence-corrected chi connectivity index (χ0v) is 10.1. The lowest BCUT2D eigenvalue weighted by Gasteiger charge is -2.32. The predicted molar refractivity (Wildman–Crippen MR) is 64.0 cm³/mol. The molecular formula is C13H17F3N2. The molecule has 1 heterocycles. The third-order valence-electron chi connectivity index (χ3n) is 3.56. The molecule has 1 aliphatic heterocycles. The van der Waals surface area contributed by atoms with Gasteiger partial charge in [-0.15, -0.1) is 0 Å². The van der Waals surface area contributed by atoms with Gasteiger partial charge < -0.3 is 11.1 Å². The highest BCUT2D eigenvalue weighted by Crippen LogP contribution is 2.41. The summed E-state index contributed by atoms with van der Waals surface area (Å²) < 4.78 is 39.2. The molecule has 0 amide bonds. The van der Waals surface area contributed by atoms with E-state index in [0.717, 1.165) is 19.0 Å². The number of rotatable bonds is 3. The lowest BCUT2D eigenvalue weighted by molar-refractivity contribution is -0.139. The van der Waals surface area contributed by atoms with Crippen molar-refractivity contribution < 1.29 is 13.2 Å². The average Bonchev–Trinajstić information content (AvgIpc) is 2.78. The average molecular weight is 258 g/mol. The Balaban J connectivity index is 2.48. The first-order valence-corrected chi connectivity index (χ1v) is 6.11. The largest absolute Gasteiger partial charge is 0.416 e. The van der Waals surface area contributed by atoms with Crippen molar-refractivity contribution in [2.45, 2.75) is 31.0 Å². The van der Waals surface area contributed by atoms with Crippen LogP contribution >= 0.6 is 0 Å². The smallest absolute Gasteiger partial charge is 0.330 e. The SMILES string of the molecule is NCCC1(c2ccccc2C(F)(F)F)CCCN1. The van der Waals surface area contributed by atoms with E-state index in [1.807, 2.05) is 0 Å². The second-order valence-electron chi connectivity index (χ2n) is 4.69. The Morgan fingerprint density at radius 2 is 2.00 bits per heavy atom. The monoisotopic (exact) mass is 258 g/mol. The van der Waals surface area contributed by atoms with Crippen molar-refractivity contribution in [1.82, 2.24) is 5.32 Å². The molecule has 3 N–H and O–H groups in total. The Hall–Kier alpha value is -1.07. The van der Waals surface area contributed by atoms with Gasteiger partial charge in [-0.2, -0.15) is 13.2 Å². The third kappa shape index (κ3) is 2.37. The Kier molecular flexibility index (Phi) is 3.64. The normalized spacial score (nSPS) is 24.4. The van der Waals surface area contributed by atoms with Crippen LogP contribution in [0.4, 0.5) is 13.2 Å². The maximum Gasteiger partial charge on any atom is 0.416 e. The minimum atomic E-state index is -4.32. The summed E-state index contributed by atoms with van der Waals surface area (Å²) in [5.41, 5.74) is 4.74. The highest BCUT2D eigenvalue weighted by Gasteiger charge is 2.42. The Morgan fingerprint density at radius 1 is 1.28 bits per heavy atom. The topological polar surface area (TPSA) is 38.0 Å². The molecule has 0 aliphatic carbocycles. The lowest BCUT2D eigenvalue weighted by atomic mass is 9.82. The molecule has 1 unspecified atom stereocenters. The summed E-state index contributed by atoms with van der Waals surface area (Å²) in [7, 11) is 0. The fourth-order valence-corrected chi connectivity index (χ4v) is 2.78. The van der Waals surface area contributed by atoms with Gasteiger partial charge >= 0.3 is 6.18 Å². The Labute approximate surface area is 104 Å². The van der Waals surface area contributed by atoms with Crippen LogP contribution in [0.3, 0.4) is 0 Å². The molecule has 0 radical (unpaired) electrons. The van der Waals surface area contributed by atoms with Crippen molar-refractivity contribution in [3.8, 4) is 0 Å². The van der Waals surface area contributed by atoms with Crippen LogP contribution in [-0.2, 0) is 11.7 Å². The van der Waals surface area contributed by atoms with Gasteiger partial charge in [-0.1, -0.05) is 18.2 Å².